The number of para-hydroxylation sites is 1. The van der Waals surface area contributed by atoms with Crippen molar-refractivity contribution in [2.75, 3.05) is 11.6 Å². The standard InChI is InChI=1S/C25H28N2O3S2/c1-17-14-18(2)24(19(3)15-17)32(29,30)27-22(16-20-10-6-5-7-11-20)25(28)26-21-12-8-9-13-23(21)31-4/h5-15,22,27H,16H2,1-4H3,(H,26,28)/t22-/m1/s1. The summed E-state index contributed by atoms with van der Waals surface area (Å²) in [6.45, 7) is 5.48. The molecule has 3 aromatic rings. The van der Waals surface area contributed by atoms with Gasteiger partial charge in [-0.05, 0) is 62.3 Å². The number of hydrogen-bond donors (Lipinski definition) is 2. The highest BCUT2D eigenvalue weighted by Gasteiger charge is 2.28. The molecule has 0 aromatic heterocycles. The van der Waals surface area contributed by atoms with Crippen molar-refractivity contribution in [1.29, 1.82) is 0 Å². The van der Waals surface area contributed by atoms with E-state index in [1.54, 1.807) is 13.8 Å². The first kappa shape index (κ1) is 24.0. The van der Waals surface area contributed by atoms with Crippen molar-refractivity contribution in [3.8, 4) is 0 Å². The maximum Gasteiger partial charge on any atom is 0.242 e. The Morgan fingerprint density at radius 1 is 0.938 bits per heavy atom. The van der Waals surface area contributed by atoms with Crippen molar-refractivity contribution < 1.29 is 13.2 Å². The number of anilines is 1. The third kappa shape index (κ3) is 5.79. The monoisotopic (exact) mass is 468 g/mol. The first-order valence-electron chi connectivity index (χ1n) is 10.3. The van der Waals surface area contributed by atoms with E-state index in [0.717, 1.165) is 16.0 Å². The highest BCUT2D eigenvalue weighted by molar-refractivity contribution is 7.98. The third-order valence-corrected chi connectivity index (χ3v) is 7.71. The van der Waals surface area contributed by atoms with Crippen LogP contribution in [-0.4, -0.2) is 26.6 Å². The van der Waals surface area contributed by atoms with Gasteiger partial charge in [-0.25, -0.2) is 8.42 Å². The number of sulfonamides is 1. The van der Waals surface area contributed by atoms with E-state index in [9.17, 15) is 13.2 Å². The van der Waals surface area contributed by atoms with Gasteiger partial charge in [0.25, 0.3) is 0 Å². The third-order valence-electron chi connectivity index (χ3n) is 5.13. The minimum atomic E-state index is -3.93. The zero-order chi connectivity index (χ0) is 23.3. The highest BCUT2D eigenvalue weighted by Crippen LogP contribution is 2.26. The van der Waals surface area contributed by atoms with E-state index >= 15 is 0 Å². The summed E-state index contributed by atoms with van der Waals surface area (Å²) in [5.41, 5.74) is 3.82. The molecule has 0 heterocycles. The molecule has 3 aromatic carbocycles. The van der Waals surface area contributed by atoms with Crippen LogP contribution in [0, 0.1) is 20.8 Å². The average Bonchev–Trinajstić information content (AvgIpc) is 2.73. The molecule has 0 aliphatic rings. The summed E-state index contributed by atoms with van der Waals surface area (Å²) in [7, 11) is -3.93. The molecule has 2 N–H and O–H groups in total. The fourth-order valence-electron chi connectivity index (χ4n) is 3.84. The molecule has 168 valence electrons. The maximum absolute atomic E-state index is 13.4. The normalized spacial score (nSPS) is 12.4. The second-order valence-corrected chi connectivity index (χ2v) is 10.3. The first-order valence-corrected chi connectivity index (χ1v) is 13.0. The molecule has 7 heteroatoms. The van der Waals surface area contributed by atoms with Gasteiger partial charge in [0.2, 0.25) is 15.9 Å². The van der Waals surface area contributed by atoms with Crippen LogP contribution >= 0.6 is 11.8 Å². The maximum atomic E-state index is 13.4. The largest absolute Gasteiger partial charge is 0.324 e. The van der Waals surface area contributed by atoms with Crippen LogP contribution in [0.1, 0.15) is 22.3 Å². The molecule has 1 atom stereocenters. The molecule has 0 bridgehead atoms. The van der Waals surface area contributed by atoms with E-state index in [2.05, 4.69) is 10.0 Å². The minimum Gasteiger partial charge on any atom is -0.324 e. The van der Waals surface area contributed by atoms with Crippen LogP contribution in [0.15, 0.2) is 76.5 Å². The molecular formula is C25H28N2O3S2. The molecule has 1 amide bonds. The number of benzene rings is 3. The van der Waals surface area contributed by atoms with Crippen LogP contribution < -0.4 is 10.0 Å². The van der Waals surface area contributed by atoms with E-state index in [4.69, 9.17) is 0 Å². The lowest BCUT2D eigenvalue weighted by atomic mass is 10.1. The molecule has 0 radical (unpaired) electrons. The Labute approximate surface area is 194 Å². The van der Waals surface area contributed by atoms with Crippen LogP contribution in [-0.2, 0) is 21.2 Å². The van der Waals surface area contributed by atoms with Crippen LogP contribution in [0.4, 0.5) is 5.69 Å². The van der Waals surface area contributed by atoms with Gasteiger partial charge in [-0.3, -0.25) is 4.79 Å². The number of hydrogen-bond acceptors (Lipinski definition) is 4. The minimum absolute atomic E-state index is 0.221. The lowest BCUT2D eigenvalue weighted by Crippen LogP contribution is -2.45. The summed E-state index contributed by atoms with van der Waals surface area (Å²) in [5, 5.41) is 2.91. The van der Waals surface area contributed by atoms with E-state index < -0.39 is 22.0 Å². The molecule has 32 heavy (non-hydrogen) atoms. The van der Waals surface area contributed by atoms with Gasteiger partial charge in [0.05, 0.1) is 10.6 Å². The van der Waals surface area contributed by atoms with Gasteiger partial charge >= 0.3 is 0 Å². The Balaban J connectivity index is 1.95. The topological polar surface area (TPSA) is 75.3 Å². The molecule has 0 spiro atoms. The molecule has 3 rings (SSSR count). The SMILES string of the molecule is CSc1ccccc1NC(=O)[C@@H](Cc1ccccc1)NS(=O)(=O)c1c(C)cc(C)cc1C. The first-order chi connectivity index (χ1) is 15.2. The van der Waals surface area contributed by atoms with Gasteiger partial charge in [0.15, 0.2) is 0 Å². The number of nitrogens with one attached hydrogen (secondary N) is 2. The molecule has 0 saturated carbocycles. The molecule has 0 unspecified atom stereocenters. The van der Waals surface area contributed by atoms with Crippen LogP contribution in [0.2, 0.25) is 0 Å². The number of amides is 1. The number of carbonyl (C=O) groups excluding carboxylic acids is 1. The van der Waals surface area contributed by atoms with Gasteiger partial charge in [-0.2, -0.15) is 4.72 Å². The van der Waals surface area contributed by atoms with Crippen LogP contribution in [0.25, 0.3) is 0 Å². The molecular weight excluding hydrogens is 440 g/mol. The van der Waals surface area contributed by atoms with E-state index in [1.807, 2.05) is 79.9 Å². The van der Waals surface area contributed by atoms with Crippen LogP contribution in [0.3, 0.4) is 0 Å². The second-order valence-electron chi connectivity index (χ2n) is 7.78. The van der Waals surface area contributed by atoms with Gasteiger partial charge in [-0.15, -0.1) is 11.8 Å². The predicted octanol–water partition coefficient (Wildman–Crippen LogP) is 4.86. The van der Waals surface area contributed by atoms with E-state index in [-0.39, 0.29) is 11.3 Å². The lowest BCUT2D eigenvalue weighted by Gasteiger charge is -2.21. The van der Waals surface area contributed by atoms with Crippen molar-refractivity contribution in [2.24, 2.45) is 0 Å². The fourth-order valence-corrected chi connectivity index (χ4v) is 6.04. The summed E-state index contributed by atoms with van der Waals surface area (Å²) < 4.78 is 29.4. The quantitative estimate of drug-likeness (QED) is 0.463. The average molecular weight is 469 g/mol. The fraction of sp³-hybridized carbons (Fsp3) is 0.240. The number of aryl methyl sites for hydroxylation is 3. The number of carbonyl (C=O) groups is 1. The summed E-state index contributed by atoms with van der Waals surface area (Å²) >= 11 is 1.51. The predicted molar refractivity (Wildman–Crippen MR) is 132 cm³/mol. The molecule has 0 aliphatic carbocycles. The van der Waals surface area contributed by atoms with Crippen molar-refractivity contribution in [2.45, 2.75) is 43.0 Å². The van der Waals surface area contributed by atoms with Crippen LogP contribution in [0.5, 0.6) is 0 Å². The van der Waals surface area contributed by atoms with Gasteiger partial charge < -0.3 is 5.32 Å². The molecule has 5 nitrogen and oxygen atoms in total. The zero-order valence-corrected chi connectivity index (χ0v) is 20.3. The van der Waals surface area contributed by atoms with E-state index in [1.165, 1.54) is 11.8 Å². The Hall–Kier alpha value is -2.61. The Kier molecular flexibility index (Phi) is 7.77. The van der Waals surface area contributed by atoms with Gasteiger partial charge in [0, 0.05) is 4.90 Å². The molecule has 0 saturated heterocycles. The van der Waals surface area contributed by atoms with Gasteiger partial charge in [-0.1, -0.05) is 60.2 Å². The summed E-state index contributed by atoms with van der Waals surface area (Å²) in [4.78, 5) is 14.4. The Bertz CT molecular complexity index is 1190. The van der Waals surface area contributed by atoms with E-state index in [0.29, 0.717) is 16.8 Å². The molecule has 0 aliphatic heterocycles. The molecule has 0 fully saturated rings. The highest BCUT2D eigenvalue weighted by atomic mass is 32.2. The van der Waals surface area contributed by atoms with Crippen molar-refractivity contribution in [3.05, 3.63) is 89.0 Å². The summed E-state index contributed by atoms with van der Waals surface area (Å²) in [6, 6.07) is 19.5. The second kappa shape index (κ2) is 10.3. The van der Waals surface area contributed by atoms with Gasteiger partial charge in [0.1, 0.15) is 6.04 Å². The zero-order valence-electron chi connectivity index (χ0n) is 18.7. The summed E-state index contributed by atoms with van der Waals surface area (Å²) in [5.74, 6) is -0.402. The Morgan fingerprint density at radius 2 is 1.53 bits per heavy atom. The summed E-state index contributed by atoms with van der Waals surface area (Å²) in [6.07, 6.45) is 2.16. The van der Waals surface area contributed by atoms with Crippen molar-refractivity contribution in [3.63, 3.8) is 0 Å². The number of thioether (sulfide) groups is 1. The number of rotatable bonds is 8. The Morgan fingerprint density at radius 3 is 2.16 bits per heavy atom. The van der Waals surface area contributed by atoms with Crippen molar-refractivity contribution >= 4 is 33.4 Å². The lowest BCUT2D eigenvalue weighted by molar-refractivity contribution is -0.117. The van der Waals surface area contributed by atoms with Crippen molar-refractivity contribution in [1.82, 2.24) is 4.72 Å². The smallest absolute Gasteiger partial charge is 0.242 e.